The van der Waals surface area contributed by atoms with Crippen LogP contribution in [0.5, 0.6) is 0 Å². The highest BCUT2D eigenvalue weighted by Gasteiger charge is 2.33. The average molecular weight is 360 g/mol. The van der Waals surface area contributed by atoms with Gasteiger partial charge in [0, 0.05) is 23.3 Å². The number of carbonyl (C=O) groups excluding carboxylic acids is 1. The van der Waals surface area contributed by atoms with Crippen LogP contribution in [-0.2, 0) is 20.4 Å². The summed E-state index contributed by atoms with van der Waals surface area (Å²) >= 11 is 0. The van der Waals surface area contributed by atoms with Gasteiger partial charge in [-0.25, -0.2) is 13.2 Å². The van der Waals surface area contributed by atoms with Crippen molar-refractivity contribution in [2.75, 3.05) is 12.3 Å². The monoisotopic (exact) mass is 359 g/mol. The van der Waals surface area contributed by atoms with Crippen LogP contribution in [0.1, 0.15) is 31.7 Å². The third-order valence-electron chi connectivity index (χ3n) is 4.21. The van der Waals surface area contributed by atoms with E-state index >= 15 is 0 Å². The molecule has 0 radical (unpaired) electrons. The number of piperidine rings is 1. The van der Waals surface area contributed by atoms with E-state index in [9.17, 15) is 13.2 Å². The van der Waals surface area contributed by atoms with Crippen molar-refractivity contribution in [3.63, 3.8) is 0 Å². The van der Waals surface area contributed by atoms with Crippen LogP contribution in [0.2, 0.25) is 0 Å². The Kier molecular flexibility index (Phi) is 6.30. The molecule has 128 valence electrons. The van der Waals surface area contributed by atoms with Gasteiger partial charge in [-0.2, -0.15) is 0 Å². The van der Waals surface area contributed by atoms with Crippen molar-refractivity contribution in [1.29, 1.82) is 0 Å². The van der Waals surface area contributed by atoms with Crippen molar-refractivity contribution in [2.45, 2.75) is 38.8 Å². The van der Waals surface area contributed by atoms with Crippen LogP contribution in [0.4, 0.5) is 4.79 Å². The lowest BCUT2D eigenvalue weighted by molar-refractivity contribution is 0.0510. The maximum absolute atomic E-state index is 12.4. The minimum atomic E-state index is -3.56. The van der Waals surface area contributed by atoms with Gasteiger partial charge in [0.15, 0.2) is 0 Å². The lowest BCUT2D eigenvalue weighted by atomic mass is 9.89. The fourth-order valence-corrected chi connectivity index (χ4v) is 3.77. The summed E-state index contributed by atoms with van der Waals surface area (Å²) in [6, 6.07) is 9.31. The second-order valence-electron chi connectivity index (χ2n) is 5.95. The number of likely N-dealkylation sites (tertiary alicyclic amines) is 1. The number of nitrogens with zero attached hydrogens (tertiary/aromatic N) is 1. The standard InChI is InChI=1S/C16H22ClNO4S/c1-13-6-5-10-18(15(13)9-11-23(17,20)21)16(19)22-12-14-7-3-2-4-8-14/h2-4,7-8,13,15H,5-6,9-12H2,1H3. The topological polar surface area (TPSA) is 63.7 Å². The molecule has 0 N–H and O–H groups in total. The van der Waals surface area contributed by atoms with Crippen LogP contribution in [-0.4, -0.2) is 37.8 Å². The van der Waals surface area contributed by atoms with Gasteiger partial charge >= 0.3 is 6.09 Å². The maximum atomic E-state index is 12.4. The van der Waals surface area contributed by atoms with Crippen LogP contribution >= 0.6 is 10.7 Å². The molecule has 7 heteroatoms. The molecule has 1 aromatic carbocycles. The molecule has 0 aromatic heterocycles. The fourth-order valence-electron chi connectivity index (χ4n) is 2.98. The number of benzene rings is 1. The first-order valence-corrected chi connectivity index (χ1v) is 10.2. The van der Waals surface area contributed by atoms with Crippen LogP contribution in [0.15, 0.2) is 30.3 Å². The first-order valence-electron chi connectivity index (χ1n) is 7.76. The summed E-state index contributed by atoms with van der Waals surface area (Å²) < 4.78 is 27.8. The van der Waals surface area contributed by atoms with E-state index < -0.39 is 15.1 Å². The van der Waals surface area contributed by atoms with E-state index in [-0.39, 0.29) is 24.3 Å². The minimum Gasteiger partial charge on any atom is -0.445 e. The Balaban J connectivity index is 1.97. The molecule has 2 atom stereocenters. The fraction of sp³-hybridized carbons (Fsp3) is 0.562. The zero-order chi connectivity index (χ0) is 16.9. The summed E-state index contributed by atoms with van der Waals surface area (Å²) in [6.07, 6.45) is 1.81. The number of hydrogen-bond acceptors (Lipinski definition) is 4. The van der Waals surface area contributed by atoms with E-state index in [1.54, 1.807) is 4.90 Å². The summed E-state index contributed by atoms with van der Waals surface area (Å²) in [6.45, 7) is 2.83. The Morgan fingerprint density at radius 2 is 2.04 bits per heavy atom. The number of rotatable bonds is 5. The summed E-state index contributed by atoms with van der Waals surface area (Å²) in [5.74, 6) is 0.0953. The first-order chi connectivity index (χ1) is 10.9. The third-order valence-corrected chi connectivity index (χ3v) is 5.40. The SMILES string of the molecule is CC1CCCN(C(=O)OCc2ccccc2)C1CCS(=O)(=O)Cl. The number of halogens is 1. The van der Waals surface area contributed by atoms with E-state index in [2.05, 4.69) is 0 Å². The summed E-state index contributed by atoms with van der Waals surface area (Å²) in [7, 11) is 1.75. The molecule has 1 amide bonds. The van der Waals surface area contributed by atoms with Crippen molar-refractivity contribution < 1.29 is 17.9 Å². The Hall–Kier alpha value is -1.27. The van der Waals surface area contributed by atoms with Crippen LogP contribution in [0.3, 0.4) is 0 Å². The second-order valence-corrected chi connectivity index (χ2v) is 8.85. The van der Waals surface area contributed by atoms with Gasteiger partial charge in [0.25, 0.3) is 0 Å². The molecule has 1 aromatic rings. The number of ether oxygens (including phenoxy) is 1. The van der Waals surface area contributed by atoms with Gasteiger partial charge in [0.05, 0.1) is 5.75 Å². The molecule has 0 bridgehead atoms. The van der Waals surface area contributed by atoms with Gasteiger partial charge in [-0.15, -0.1) is 0 Å². The van der Waals surface area contributed by atoms with E-state index in [0.717, 1.165) is 18.4 Å². The van der Waals surface area contributed by atoms with E-state index in [1.165, 1.54) is 0 Å². The van der Waals surface area contributed by atoms with Gasteiger partial charge < -0.3 is 9.64 Å². The van der Waals surface area contributed by atoms with Crippen molar-refractivity contribution in [2.24, 2.45) is 5.92 Å². The highest BCUT2D eigenvalue weighted by molar-refractivity contribution is 8.13. The van der Waals surface area contributed by atoms with Crippen molar-refractivity contribution in [3.8, 4) is 0 Å². The maximum Gasteiger partial charge on any atom is 0.410 e. The van der Waals surface area contributed by atoms with Gasteiger partial charge in [0.1, 0.15) is 6.61 Å². The predicted octanol–water partition coefficient (Wildman–Crippen LogP) is 3.38. The Bertz CT molecular complexity index is 620. The molecule has 5 nitrogen and oxygen atoms in total. The number of hydrogen-bond donors (Lipinski definition) is 0. The molecule has 1 aliphatic heterocycles. The molecule has 23 heavy (non-hydrogen) atoms. The third kappa shape index (κ3) is 5.70. The van der Waals surface area contributed by atoms with Crippen molar-refractivity contribution >= 4 is 25.8 Å². The molecule has 2 rings (SSSR count). The van der Waals surface area contributed by atoms with Crippen LogP contribution in [0, 0.1) is 5.92 Å². The number of amides is 1. The van der Waals surface area contributed by atoms with E-state index in [1.807, 2.05) is 37.3 Å². The predicted molar refractivity (Wildman–Crippen MR) is 89.8 cm³/mol. The highest BCUT2D eigenvalue weighted by atomic mass is 35.7. The zero-order valence-electron chi connectivity index (χ0n) is 13.2. The second kappa shape index (κ2) is 8.02. The van der Waals surface area contributed by atoms with Crippen LogP contribution in [0.25, 0.3) is 0 Å². The Morgan fingerprint density at radius 3 is 2.70 bits per heavy atom. The number of carbonyl (C=O) groups is 1. The van der Waals surface area contributed by atoms with Gasteiger partial charge in [0.2, 0.25) is 9.05 Å². The first kappa shape index (κ1) is 18.1. The molecule has 0 spiro atoms. The minimum absolute atomic E-state index is 0.133. The molecule has 0 saturated carbocycles. The highest BCUT2D eigenvalue weighted by Crippen LogP contribution is 2.27. The Morgan fingerprint density at radius 1 is 1.35 bits per heavy atom. The van der Waals surface area contributed by atoms with Gasteiger partial charge in [-0.3, -0.25) is 0 Å². The van der Waals surface area contributed by atoms with Crippen molar-refractivity contribution in [3.05, 3.63) is 35.9 Å². The molecule has 1 saturated heterocycles. The molecular weight excluding hydrogens is 338 g/mol. The summed E-state index contributed by atoms with van der Waals surface area (Å²) in [5.41, 5.74) is 0.922. The van der Waals surface area contributed by atoms with Crippen LogP contribution < -0.4 is 0 Å². The van der Waals surface area contributed by atoms with E-state index in [4.69, 9.17) is 15.4 Å². The molecule has 1 fully saturated rings. The molecule has 1 aliphatic rings. The quantitative estimate of drug-likeness (QED) is 0.756. The lowest BCUT2D eigenvalue weighted by Crippen LogP contribution is -2.48. The van der Waals surface area contributed by atoms with E-state index in [0.29, 0.717) is 13.0 Å². The van der Waals surface area contributed by atoms with Crippen molar-refractivity contribution in [1.82, 2.24) is 4.90 Å². The molecule has 2 unspecified atom stereocenters. The lowest BCUT2D eigenvalue weighted by Gasteiger charge is -2.39. The summed E-state index contributed by atoms with van der Waals surface area (Å²) in [4.78, 5) is 14.0. The van der Waals surface area contributed by atoms with Gasteiger partial charge in [-0.05, 0) is 30.7 Å². The normalized spacial score (nSPS) is 21.9. The molecule has 0 aliphatic carbocycles. The largest absolute Gasteiger partial charge is 0.445 e. The smallest absolute Gasteiger partial charge is 0.410 e. The van der Waals surface area contributed by atoms with Gasteiger partial charge in [-0.1, -0.05) is 37.3 Å². The summed E-state index contributed by atoms with van der Waals surface area (Å²) in [5, 5.41) is 0. The zero-order valence-corrected chi connectivity index (χ0v) is 14.7. The molecular formula is C16H22ClNO4S. The Labute approximate surface area is 142 Å². The average Bonchev–Trinajstić information content (AvgIpc) is 2.51. The molecule has 1 heterocycles.